The summed E-state index contributed by atoms with van der Waals surface area (Å²) < 4.78 is 0. The number of nitrogens with two attached hydrogens (primary N) is 1. The van der Waals surface area contributed by atoms with Gasteiger partial charge in [0.1, 0.15) is 0 Å². The molecule has 0 aromatic heterocycles. The Morgan fingerprint density at radius 2 is 2.43 bits per heavy atom. The van der Waals surface area contributed by atoms with Crippen LogP contribution in [0.4, 0.5) is 0 Å². The van der Waals surface area contributed by atoms with Crippen molar-refractivity contribution in [3.8, 4) is 0 Å². The molecule has 0 fully saturated rings. The third-order valence-corrected chi connectivity index (χ3v) is 0.705. The largest absolute Gasteiger partial charge is 0.330 e. The molecule has 0 saturated heterocycles. The van der Waals surface area contributed by atoms with Crippen molar-refractivity contribution in [1.82, 2.24) is 5.32 Å². The highest BCUT2D eigenvalue weighted by molar-refractivity contribution is 4.66. The summed E-state index contributed by atoms with van der Waals surface area (Å²) in [7, 11) is 0. The summed E-state index contributed by atoms with van der Waals surface area (Å²) in [5.74, 6) is 0. The van der Waals surface area contributed by atoms with Crippen LogP contribution >= 0.6 is 0 Å². The normalized spacial score (nSPS) is 9.43. The van der Waals surface area contributed by atoms with Crippen LogP contribution in [0.25, 0.3) is 0 Å². The second kappa shape index (κ2) is 5.92. The zero-order valence-electron chi connectivity index (χ0n) is 4.78. The molecule has 0 aromatic rings. The minimum atomic E-state index is 0.674. The van der Waals surface area contributed by atoms with E-state index in [4.69, 9.17) is 5.73 Å². The number of hydrogen-bond acceptors (Lipinski definition) is 2. The molecule has 2 heteroatoms. The second-order valence-electron chi connectivity index (χ2n) is 1.33. The Kier molecular flexibility index (Phi) is 5.85. The van der Waals surface area contributed by atoms with Crippen LogP contribution in [0.1, 0.15) is 6.92 Å². The maximum absolute atomic E-state index is 5.17. The molecule has 0 aliphatic rings. The van der Waals surface area contributed by atoms with Gasteiger partial charge in [0.05, 0.1) is 0 Å². The lowest BCUT2D eigenvalue weighted by molar-refractivity contribution is 0.761. The van der Waals surface area contributed by atoms with Crippen LogP contribution in [0, 0.1) is 6.42 Å². The van der Waals surface area contributed by atoms with E-state index in [2.05, 4.69) is 12.2 Å². The fraction of sp³-hybridized carbons (Fsp3) is 0.800. The summed E-state index contributed by atoms with van der Waals surface area (Å²) in [5.41, 5.74) is 5.17. The van der Waals surface area contributed by atoms with Gasteiger partial charge in [-0.2, -0.15) is 0 Å². The zero-order chi connectivity index (χ0) is 5.54. The average Bonchev–Trinajstić information content (AvgIpc) is 1.69. The zero-order valence-corrected chi connectivity index (χ0v) is 4.78. The summed E-state index contributed by atoms with van der Waals surface area (Å²) in [6, 6.07) is 0. The first-order valence-corrected chi connectivity index (χ1v) is 2.64. The third-order valence-electron chi connectivity index (χ3n) is 0.705. The average molecular weight is 101 g/mol. The SMILES string of the molecule is CCNC[CH]CN. The van der Waals surface area contributed by atoms with Crippen molar-refractivity contribution in [2.75, 3.05) is 19.6 Å². The summed E-state index contributed by atoms with van der Waals surface area (Å²) in [6.07, 6.45) is 2.00. The summed E-state index contributed by atoms with van der Waals surface area (Å²) >= 11 is 0. The maximum atomic E-state index is 5.17. The van der Waals surface area contributed by atoms with Crippen LogP contribution in [0.2, 0.25) is 0 Å². The molecule has 0 rings (SSSR count). The number of hydrogen-bond donors (Lipinski definition) is 2. The molecule has 0 bridgehead atoms. The second-order valence-corrected chi connectivity index (χ2v) is 1.33. The molecule has 43 valence electrons. The highest BCUT2D eigenvalue weighted by atomic mass is 14.8. The lowest BCUT2D eigenvalue weighted by Crippen LogP contribution is -2.17. The van der Waals surface area contributed by atoms with E-state index in [1.165, 1.54) is 0 Å². The molecule has 0 aromatic carbocycles. The van der Waals surface area contributed by atoms with Crippen LogP contribution in [-0.4, -0.2) is 19.6 Å². The van der Waals surface area contributed by atoms with Crippen LogP contribution < -0.4 is 11.1 Å². The van der Waals surface area contributed by atoms with E-state index < -0.39 is 0 Å². The topological polar surface area (TPSA) is 38.0 Å². The first-order valence-electron chi connectivity index (χ1n) is 2.64. The van der Waals surface area contributed by atoms with Gasteiger partial charge in [0.2, 0.25) is 0 Å². The van der Waals surface area contributed by atoms with E-state index in [1.807, 2.05) is 6.42 Å². The molecule has 0 atom stereocenters. The van der Waals surface area contributed by atoms with Crippen molar-refractivity contribution < 1.29 is 0 Å². The minimum absolute atomic E-state index is 0.674. The van der Waals surface area contributed by atoms with Crippen molar-refractivity contribution in [1.29, 1.82) is 0 Å². The number of nitrogens with one attached hydrogen (secondary N) is 1. The molecular weight excluding hydrogens is 88.1 g/mol. The quantitative estimate of drug-likeness (QED) is 0.480. The minimum Gasteiger partial charge on any atom is -0.330 e. The molecule has 3 N–H and O–H groups in total. The molecule has 0 heterocycles. The lowest BCUT2D eigenvalue weighted by atomic mass is 10.4. The first-order chi connectivity index (χ1) is 3.41. The standard InChI is InChI=1S/C5H13N2/c1-2-7-5-3-4-6/h3,7H,2,4-6H2,1H3. The smallest absolute Gasteiger partial charge is 0.000495 e. The lowest BCUT2D eigenvalue weighted by Gasteiger charge is -1.94. The molecule has 0 aliphatic heterocycles. The first kappa shape index (κ1) is 6.92. The van der Waals surface area contributed by atoms with Gasteiger partial charge in [-0.05, 0) is 26.1 Å². The Labute approximate surface area is 45.1 Å². The fourth-order valence-corrected chi connectivity index (χ4v) is 0.330. The fourth-order valence-electron chi connectivity index (χ4n) is 0.330. The van der Waals surface area contributed by atoms with Crippen molar-refractivity contribution in [3.05, 3.63) is 6.42 Å². The van der Waals surface area contributed by atoms with Gasteiger partial charge in [-0.3, -0.25) is 0 Å². The third kappa shape index (κ3) is 5.92. The van der Waals surface area contributed by atoms with Gasteiger partial charge in [-0.15, -0.1) is 0 Å². The van der Waals surface area contributed by atoms with Crippen LogP contribution in [0.5, 0.6) is 0 Å². The van der Waals surface area contributed by atoms with Crippen LogP contribution in [0.3, 0.4) is 0 Å². The summed E-state index contributed by atoms with van der Waals surface area (Å²) in [5, 5.41) is 3.11. The van der Waals surface area contributed by atoms with Gasteiger partial charge >= 0.3 is 0 Å². The molecule has 0 unspecified atom stereocenters. The molecule has 0 aliphatic carbocycles. The molecule has 7 heavy (non-hydrogen) atoms. The monoisotopic (exact) mass is 101 g/mol. The molecule has 0 amide bonds. The van der Waals surface area contributed by atoms with E-state index in [0.717, 1.165) is 13.1 Å². The van der Waals surface area contributed by atoms with Crippen LogP contribution in [-0.2, 0) is 0 Å². The van der Waals surface area contributed by atoms with Gasteiger partial charge in [0.25, 0.3) is 0 Å². The van der Waals surface area contributed by atoms with Crippen molar-refractivity contribution >= 4 is 0 Å². The number of rotatable bonds is 4. The van der Waals surface area contributed by atoms with E-state index in [0.29, 0.717) is 6.54 Å². The Bertz CT molecular complexity index is 25.3. The van der Waals surface area contributed by atoms with Crippen molar-refractivity contribution in [2.45, 2.75) is 6.92 Å². The van der Waals surface area contributed by atoms with Gasteiger partial charge < -0.3 is 11.1 Å². The van der Waals surface area contributed by atoms with E-state index in [1.54, 1.807) is 0 Å². The maximum Gasteiger partial charge on any atom is -0.000495 e. The molecule has 0 spiro atoms. The van der Waals surface area contributed by atoms with Crippen LogP contribution in [0.15, 0.2) is 0 Å². The molecule has 1 radical (unpaired) electrons. The van der Waals surface area contributed by atoms with Crippen molar-refractivity contribution in [3.63, 3.8) is 0 Å². The van der Waals surface area contributed by atoms with Crippen molar-refractivity contribution in [2.24, 2.45) is 5.73 Å². The predicted octanol–water partition coefficient (Wildman–Crippen LogP) is -0.241. The predicted molar refractivity (Wildman–Crippen MR) is 31.9 cm³/mol. The summed E-state index contributed by atoms with van der Waals surface area (Å²) in [6.45, 7) is 4.71. The van der Waals surface area contributed by atoms with Gasteiger partial charge in [0, 0.05) is 0 Å². The summed E-state index contributed by atoms with van der Waals surface area (Å²) in [4.78, 5) is 0. The highest BCUT2D eigenvalue weighted by Gasteiger charge is 1.77. The Hall–Kier alpha value is -0.0800. The van der Waals surface area contributed by atoms with Gasteiger partial charge in [-0.1, -0.05) is 6.92 Å². The molecule has 0 saturated carbocycles. The van der Waals surface area contributed by atoms with E-state index in [9.17, 15) is 0 Å². The Morgan fingerprint density at radius 1 is 1.71 bits per heavy atom. The molecule has 2 nitrogen and oxygen atoms in total. The van der Waals surface area contributed by atoms with E-state index >= 15 is 0 Å². The Balaban J connectivity index is 2.45. The van der Waals surface area contributed by atoms with Gasteiger partial charge in [-0.25, -0.2) is 0 Å². The van der Waals surface area contributed by atoms with Gasteiger partial charge in [0.15, 0.2) is 0 Å². The molecular formula is C5H13N2. The highest BCUT2D eigenvalue weighted by Crippen LogP contribution is 1.63. The van der Waals surface area contributed by atoms with E-state index in [-0.39, 0.29) is 0 Å². The Morgan fingerprint density at radius 3 is 2.86 bits per heavy atom.